The van der Waals surface area contributed by atoms with E-state index in [1.807, 2.05) is 60.1 Å². The van der Waals surface area contributed by atoms with Crippen molar-refractivity contribution in [3.05, 3.63) is 65.6 Å². The molecule has 1 amide bonds. The summed E-state index contributed by atoms with van der Waals surface area (Å²) in [6.45, 7) is 4.70. The lowest BCUT2D eigenvalue weighted by molar-refractivity contribution is -0.123. The Hall–Kier alpha value is -2.82. The van der Waals surface area contributed by atoms with Gasteiger partial charge in [-0.3, -0.25) is 4.79 Å². The lowest BCUT2D eigenvalue weighted by atomic mass is 10.2. The van der Waals surface area contributed by atoms with Crippen LogP contribution in [0.15, 0.2) is 48.8 Å². The van der Waals surface area contributed by atoms with Gasteiger partial charge in [-0.25, -0.2) is 4.98 Å². The van der Waals surface area contributed by atoms with Gasteiger partial charge in [0.2, 0.25) is 0 Å². The van der Waals surface area contributed by atoms with Crippen molar-refractivity contribution in [3.63, 3.8) is 0 Å². The van der Waals surface area contributed by atoms with Crippen molar-refractivity contribution >= 4 is 11.6 Å². The molecule has 0 saturated carbocycles. The molecule has 0 fully saturated rings. The summed E-state index contributed by atoms with van der Waals surface area (Å²) < 4.78 is 7.54. The van der Waals surface area contributed by atoms with Crippen LogP contribution in [0.4, 0.5) is 0 Å². The number of aryl methyl sites for hydroxylation is 2. The number of imidazole rings is 1. The molecule has 3 rings (SSSR count). The first kappa shape index (κ1) is 17.0. The van der Waals surface area contributed by atoms with Crippen LogP contribution in [0.5, 0.6) is 5.75 Å². The Morgan fingerprint density at radius 3 is 3.00 bits per heavy atom. The van der Waals surface area contributed by atoms with E-state index in [1.165, 1.54) is 11.1 Å². The van der Waals surface area contributed by atoms with Gasteiger partial charge in [-0.1, -0.05) is 19.1 Å². The van der Waals surface area contributed by atoms with Gasteiger partial charge < -0.3 is 14.5 Å². The van der Waals surface area contributed by atoms with E-state index in [2.05, 4.69) is 17.2 Å². The monoisotopic (exact) mass is 337 g/mol. The number of fused-ring (bicyclic) bond motifs is 1. The number of rotatable bonds is 7. The number of carbonyl (C=O) groups is 1. The molecule has 25 heavy (non-hydrogen) atoms. The van der Waals surface area contributed by atoms with Crippen LogP contribution in [0, 0.1) is 6.92 Å². The molecule has 0 aliphatic carbocycles. The molecule has 130 valence electrons. The summed E-state index contributed by atoms with van der Waals surface area (Å²) in [6.07, 6.45) is 5.63. The Labute approximate surface area is 147 Å². The van der Waals surface area contributed by atoms with Gasteiger partial charge in [0.15, 0.2) is 6.61 Å². The minimum atomic E-state index is -0.124. The molecule has 1 N–H and O–H groups in total. The van der Waals surface area contributed by atoms with Crippen molar-refractivity contribution in [3.8, 4) is 5.75 Å². The van der Waals surface area contributed by atoms with Crippen LogP contribution in [0.2, 0.25) is 0 Å². The fourth-order valence-corrected chi connectivity index (χ4v) is 2.64. The van der Waals surface area contributed by atoms with Gasteiger partial charge in [0.05, 0.1) is 5.69 Å². The van der Waals surface area contributed by atoms with E-state index in [4.69, 9.17) is 4.74 Å². The summed E-state index contributed by atoms with van der Waals surface area (Å²) in [7, 11) is 0. The first-order valence-corrected chi connectivity index (χ1v) is 8.56. The second-order valence-electron chi connectivity index (χ2n) is 6.09. The standard InChI is InChI=1S/C20H23N3O2/c1-3-16-5-4-6-18(12-16)25-14-20(24)21-9-7-17-13-23-10-8-15(2)11-19(23)22-17/h4-6,8,10-13H,3,7,9,14H2,1-2H3,(H,21,24). The Bertz CT molecular complexity index is 870. The highest BCUT2D eigenvalue weighted by molar-refractivity contribution is 5.77. The number of carbonyl (C=O) groups excluding carboxylic acids is 1. The van der Waals surface area contributed by atoms with Gasteiger partial charge in [0.25, 0.3) is 5.91 Å². The highest BCUT2D eigenvalue weighted by Crippen LogP contribution is 2.13. The molecule has 0 spiro atoms. The second-order valence-corrected chi connectivity index (χ2v) is 6.09. The number of amides is 1. The van der Waals surface area contributed by atoms with Crippen LogP contribution < -0.4 is 10.1 Å². The quantitative estimate of drug-likeness (QED) is 0.721. The van der Waals surface area contributed by atoms with Gasteiger partial charge >= 0.3 is 0 Å². The average molecular weight is 337 g/mol. The normalized spacial score (nSPS) is 10.8. The molecular weight excluding hydrogens is 314 g/mol. The van der Waals surface area contributed by atoms with Crippen molar-refractivity contribution < 1.29 is 9.53 Å². The SMILES string of the molecule is CCc1cccc(OCC(=O)NCCc2cn3ccc(C)cc3n2)c1. The van der Waals surface area contributed by atoms with E-state index >= 15 is 0 Å². The largest absolute Gasteiger partial charge is 0.484 e. The van der Waals surface area contributed by atoms with Crippen molar-refractivity contribution in [2.24, 2.45) is 0 Å². The predicted octanol–water partition coefficient (Wildman–Crippen LogP) is 2.94. The number of nitrogens with one attached hydrogen (secondary N) is 1. The first-order valence-electron chi connectivity index (χ1n) is 8.56. The van der Waals surface area contributed by atoms with Crippen molar-refractivity contribution in [2.45, 2.75) is 26.7 Å². The first-order chi connectivity index (χ1) is 12.1. The average Bonchev–Trinajstić information content (AvgIpc) is 3.02. The van der Waals surface area contributed by atoms with Crippen LogP contribution in [-0.4, -0.2) is 28.4 Å². The molecule has 0 bridgehead atoms. The van der Waals surface area contributed by atoms with Crippen LogP contribution >= 0.6 is 0 Å². The lowest BCUT2D eigenvalue weighted by Crippen LogP contribution is -2.30. The molecular formula is C20H23N3O2. The third-order valence-electron chi connectivity index (χ3n) is 4.05. The number of benzene rings is 1. The van der Waals surface area contributed by atoms with Crippen LogP contribution in [0.3, 0.4) is 0 Å². The Morgan fingerprint density at radius 1 is 1.28 bits per heavy atom. The molecule has 0 saturated heterocycles. The van der Waals surface area contributed by atoms with E-state index in [-0.39, 0.29) is 12.5 Å². The zero-order chi connectivity index (χ0) is 17.6. The zero-order valence-corrected chi connectivity index (χ0v) is 14.7. The number of pyridine rings is 1. The molecule has 0 aliphatic rings. The molecule has 1 aromatic carbocycles. The van der Waals surface area contributed by atoms with Crippen LogP contribution in [0.25, 0.3) is 5.65 Å². The molecule has 3 aromatic rings. The minimum absolute atomic E-state index is 0.0253. The zero-order valence-electron chi connectivity index (χ0n) is 14.7. The molecule has 5 nitrogen and oxygen atoms in total. The van der Waals surface area contributed by atoms with Gasteiger partial charge in [-0.15, -0.1) is 0 Å². The molecule has 0 unspecified atom stereocenters. The molecule has 0 atom stereocenters. The maximum atomic E-state index is 11.9. The number of hydrogen-bond donors (Lipinski definition) is 1. The van der Waals surface area contributed by atoms with Gasteiger partial charge in [-0.2, -0.15) is 0 Å². The molecule has 0 aliphatic heterocycles. The third-order valence-corrected chi connectivity index (χ3v) is 4.05. The van der Waals surface area contributed by atoms with E-state index in [0.29, 0.717) is 13.0 Å². The fraction of sp³-hybridized carbons (Fsp3) is 0.300. The van der Waals surface area contributed by atoms with Crippen molar-refractivity contribution in [1.29, 1.82) is 0 Å². The minimum Gasteiger partial charge on any atom is -0.484 e. The van der Waals surface area contributed by atoms with Gasteiger partial charge in [0, 0.05) is 25.4 Å². The van der Waals surface area contributed by atoms with E-state index in [0.717, 1.165) is 23.5 Å². The maximum absolute atomic E-state index is 11.9. The Morgan fingerprint density at radius 2 is 2.16 bits per heavy atom. The number of nitrogens with zero attached hydrogens (tertiary/aromatic N) is 2. The van der Waals surface area contributed by atoms with E-state index < -0.39 is 0 Å². The lowest BCUT2D eigenvalue weighted by Gasteiger charge is -2.08. The summed E-state index contributed by atoms with van der Waals surface area (Å²) in [5.74, 6) is 0.603. The smallest absolute Gasteiger partial charge is 0.257 e. The third kappa shape index (κ3) is 4.59. The van der Waals surface area contributed by atoms with Gasteiger partial charge in [0.1, 0.15) is 11.4 Å². The van der Waals surface area contributed by atoms with Gasteiger partial charge in [-0.05, 0) is 48.7 Å². The van der Waals surface area contributed by atoms with Crippen molar-refractivity contribution in [2.75, 3.05) is 13.2 Å². The highest BCUT2D eigenvalue weighted by Gasteiger charge is 2.05. The Balaban J connectivity index is 1.45. The Kier molecular flexibility index (Phi) is 5.33. The number of ether oxygens (including phenoxy) is 1. The topological polar surface area (TPSA) is 55.6 Å². The maximum Gasteiger partial charge on any atom is 0.257 e. The van der Waals surface area contributed by atoms with Crippen LogP contribution in [0.1, 0.15) is 23.7 Å². The summed E-state index contributed by atoms with van der Waals surface area (Å²) in [4.78, 5) is 16.5. The predicted molar refractivity (Wildman–Crippen MR) is 98.0 cm³/mol. The molecule has 2 aromatic heterocycles. The summed E-state index contributed by atoms with van der Waals surface area (Å²) in [5, 5.41) is 2.87. The fourth-order valence-electron chi connectivity index (χ4n) is 2.64. The van der Waals surface area contributed by atoms with E-state index in [9.17, 15) is 4.79 Å². The molecule has 2 heterocycles. The molecule has 0 radical (unpaired) electrons. The molecule has 5 heteroatoms. The van der Waals surface area contributed by atoms with Crippen molar-refractivity contribution in [1.82, 2.24) is 14.7 Å². The van der Waals surface area contributed by atoms with Crippen LogP contribution in [-0.2, 0) is 17.6 Å². The highest BCUT2D eigenvalue weighted by atomic mass is 16.5. The summed E-state index contributed by atoms with van der Waals surface area (Å²) in [6, 6.07) is 11.9. The number of hydrogen-bond acceptors (Lipinski definition) is 3. The summed E-state index contributed by atoms with van der Waals surface area (Å²) in [5.41, 5.74) is 4.27. The summed E-state index contributed by atoms with van der Waals surface area (Å²) >= 11 is 0. The van der Waals surface area contributed by atoms with E-state index in [1.54, 1.807) is 0 Å². The second kappa shape index (κ2) is 7.83. The number of aromatic nitrogens is 2.